The van der Waals surface area contributed by atoms with Crippen LogP contribution >= 0.6 is 11.3 Å². The minimum absolute atomic E-state index is 0.0691. The summed E-state index contributed by atoms with van der Waals surface area (Å²) in [5.74, 6) is 1.47. The Kier molecular flexibility index (Phi) is 8.15. The minimum atomic E-state index is 0.0691. The topological polar surface area (TPSA) is 110 Å². The summed E-state index contributed by atoms with van der Waals surface area (Å²) < 4.78 is 11.7. The standard InChI is InChI=1S/C25H30N6O2S.CH4O/c1-14(2)22-29-24(33-30-22)31-12-10-18(11-13-31)17(5)32-25-28-21-9-8-20(27-23(21)34-25)19-7-6-15(3)26-16(19)4;1-2/h6-9,14,17-18H,10-13H2,1-5H3;2H,1H3. The van der Waals surface area contributed by atoms with Gasteiger partial charge in [-0.3, -0.25) is 4.98 Å². The molecule has 0 spiro atoms. The van der Waals surface area contributed by atoms with Gasteiger partial charge in [0.2, 0.25) is 0 Å². The molecule has 1 saturated heterocycles. The third-order valence-electron chi connectivity index (χ3n) is 6.45. The highest BCUT2D eigenvalue weighted by Crippen LogP contribution is 2.33. The number of ether oxygens (including phenoxy) is 1. The number of aryl methyl sites for hydroxylation is 2. The number of aromatic nitrogens is 5. The molecule has 0 radical (unpaired) electrons. The second-order valence-corrected chi connectivity index (χ2v) is 10.3. The molecule has 10 heteroatoms. The molecular weight excluding hydrogens is 476 g/mol. The normalized spacial score (nSPS) is 15.2. The van der Waals surface area contributed by atoms with Crippen molar-refractivity contribution in [1.29, 1.82) is 0 Å². The highest BCUT2D eigenvalue weighted by atomic mass is 32.1. The number of aliphatic hydroxyl groups excluding tert-OH is 1. The monoisotopic (exact) mass is 510 g/mol. The van der Waals surface area contributed by atoms with Crippen LogP contribution in [-0.4, -0.2) is 56.5 Å². The summed E-state index contributed by atoms with van der Waals surface area (Å²) >= 11 is 1.50. The van der Waals surface area contributed by atoms with Crippen LogP contribution < -0.4 is 9.64 Å². The second kappa shape index (κ2) is 11.3. The van der Waals surface area contributed by atoms with Gasteiger partial charge in [-0.2, -0.15) is 4.98 Å². The van der Waals surface area contributed by atoms with Gasteiger partial charge in [0.1, 0.15) is 16.5 Å². The summed E-state index contributed by atoms with van der Waals surface area (Å²) in [5, 5.41) is 11.8. The molecule has 5 rings (SSSR count). The van der Waals surface area contributed by atoms with Crippen molar-refractivity contribution in [3.05, 3.63) is 41.5 Å². The molecular formula is C26H34N6O3S. The molecule has 0 bridgehead atoms. The number of rotatable bonds is 6. The van der Waals surface area contributed by atoms with E-state index in [1.54, 1.807) is 0 Å². The van der Waals surface area contributed by atoms with Crippen molar-refractivity contribution in [2.45, 2.75) is 59.5 Å². The highest BCUT2D eigenvalue weighted by molar-refractivity contribution is 7.19. The smallest absolute Gasteiger partial charge is 0.324 e. The summed E-state index contributed by atoms with van der Waals surface area (Å²) in [5.41, 5.74) is 4.81. The van der Waals surface area contributed by atoms with Gasteiger partial charge in [0.25, 0.3) is 5.19 Å². The Balaban J connectivity index is 0.00000148. The maximum absolute atomic E-state index is 7.00. The molecule has 4 aromatic heterocycles. The molecule has 5 heterocycles. The fourth-order valence-corrected chi connectivity index (χ4v) is 5.23. The number of nitrogens with zero attached hydrogens (tertiary/aromatic N) is 6. The predicted octanol–water partition coefficient (Wildman–Crippen LogP) is 5.17. The molecule has 0 aliphatic carbocycles. The van der Waals surface area contributed by atoms with E-state index in [0.29, 0.717) is 17.1 Å². The Labute approximate surface area is 215 Å². The Morgan fingerprint density at radius 2 is 1.75 bits per heavy atom. The molecule has 1 unspecified atom stereocenters. The quantitative estimate of drug-likeness (QED) is 0.375. The lowest BCUT2D eigenvalue weighted by Crippen LogP contribution is -2.38. The summed E-state index contributed by atoms with van der Waals surface area (Å²) in [7, 11) is 1.00. The van der Waals surface area contributed by atoms with E-state index in [0.717, 1.165) is 71.9 Å². The van der Waals surface area contributed by atoms with Crippen LogP contribution in [0.4, 0.5) is 6.01 Å². The van der Waals surface area contributed by atoms with E-state index in [2.05, 4.69) is 51.8 Å². The van der Waals surface area contributed by atoms with E-state index >= 15 is 0 Å². The van der Waals surface area contributed by atoms with Gasteiger partial charge in [0, 0.05) is 43.1 Å². The molecule has 0 amide bonds. The van der Waals surface area contributed by atoms with Gasteiger partial charge in [-0.15, -0.1) is 0 Å². The Morgan fingerprint density at radius 1 is 1.00 bits per heavy atom. The fourth-order valence-electron chi connectivity index (χ4n) is 4.36. The van der Waals surface area contributed by atoms with Crippen LogP contribution in [-0.2, 0) is 0 Å². The lowest BCUT2D eigenvalue weighted by atomic mass is 9.92. The van der Waals surface area contributed by atoms with E-state index < -0.39 is 0 Å². The molecule has 9 nitrogen and oxygen atoms in total. The van der Waals surface area contributed by atoms with Gasteiger partial charge in [-0.05, 0) is 63.8 Å². The van der Waals surface area contributed by atoms with Crippen LogP contribution in [0.25, 0.3) is 21.6 Å². The predicted molar refractivity (Wildman–Crippen MR) is 142 cm³/mol. The van der Waals surface area contributed by atoms with Gasteiger partial charge in [0.15, 0.2) is 5.82 Å². The highest BCUT2D eigenvalue weighted by Gasteiger charge is 2.28. The number of hydrogen-bond acceptors (Lipinski definition) is 10. The van der Waals surface area contributed by atoms with Crippen LogP contribution in [0.5, 0.6) is 5.19 Å². The van der Waals surface area contributed by atoms with Gasteiger partial charge in [-0.1, -0.05) is 30.3 Å². The Bertz CT molecular complexity index is 1300. The van der Waals surface area contributed by atoms with Crippen LogP contribution in [0.3, 0.4) is 0 Å². The van der Waals surface area contributed by atoms with Crippen molar-refractivity contribution >= 4 is 27.7 Å². The summed E-state index contributed by atoms with van der Waals surface area (Å²) in [6.45, 7) is 12.1. The van der Waals surface area contributed by atoms with Gasteiger partial charge < -0.3 is 19.3 Å². The number of thiazole rings is 1. The number of pyridine rings is 2. The van der Waals surface area contributed by atoms with Crippen LogP contribution in [0.2, 0.25) is 0 Å². The second-order valence-electron chi connectivity index (χ2n) is 9.32. The molecule has 1 N–H and O–H groups in total. The van der Waals surface area contributed by atoms with Crippen molar-refractivity contribution in [3.63, 3.8) is 0 Å². The number of aliphatic hydroxyl groups is 1. The van der Waals surface area contributed by atoms with Crippen molar-refractivity contribution in [3.8, 4) is 16.5 Å². The van der Waals surface area contributed by atoms with Crippen molar-refractivity contribution < 1.29 is 14.4 Å². The summed E-state index contributed by atoms with van der Waals surface area (Å²) in [6, 6.07) is 8.75. The number of anilines is 1. The van der Waals surface area contributed by atoms with Crippen molar-refractivity contribution in [1.82, 2.24) is 25.1 Å². The molecule has 0 saturated carbocycles. The van der Waals surface area contributed by atoms with E-state index in [4.69, 9.17) is 19.4 Å². The first kappa shape index (κ1) is 26.0. The zero-order chi connectivity index (χ0) is 25.8. The molecule has 1 fully saturated rings. The van der Waals surface area contributed by atoms with Gasteiger partial charge >= 0.3 is 6.01 Å². The van der Waals surface area contributed by atoms with Crippen LogP contribution in [0.15, 0.2) is 28.8 Å². The molecule has 0 aromatic carbocycles. The SMILES string of the molecule is CO.Cc1ccc(-c2ccc3nc(OC(C)C4CCN(c5nc(C(C)C)no5)CC4)sc3n2)c(C)n1. The van der Waals surface area contributed by atoms with Crippen LogP contribution in [0, 0.1) is 19.8 Å². The van der Waals surface area contributed by atoms with E-state index in [1.165, 1.54) is 11.3 Å². The third kappa shape index (κ3) is 5.65. The first-order valence-corrected chi connectivity index (χ1v) is 13.1. The maximum Gasteiger partial charge on any atom is 0.324 e. The first-order valence-electron chi connectivity index (χ1n) is 12.3. The van der Waals surface area contributed by atoms with Gasteiger partial charge in [-0.25, -0.2) is 9.97 Å². The Hall–Kier alpha value is -3.11. The molecule has 36 heavy (non-hydrogen) atoms. The average molecular weight is 511 g/mol. The zero-order valence-electron chi connectivity index (χ0n) is 21.7. The van der Waals surface area contributed by atoms with E-state index in [9.17, 15) is 0 Å². The van der Waals surface area contributed by atoms with Crippen LogP contribution in [0.1, 0.15) is 56.7 Å². The Morgan fingerprint density at radius 3 is 2.42 bits per heavy atom. The molecule has 1 aliphatic heterocycles. The molecule has 4 aromatic rings. The van der Waals surface area contributed by atoms with Crippen molar-refractivity contribution in [2.75, 3.05) is 25.1 Å². The molecule has 192 valence electrons. The number of piperidine rings is 1. The van der Waals surface area contributed by atoms with Gasteiger partial charge in [0.05, 0.1) is 5.69 Å². The lowest BCUT2D eigenvalue weighted by molar-refractivity contribution is 0.131. The molecule has 1 atom stereocenters. The average Bonchev–Trinajstić information content (AvgIpc) is 3.52. The first-order chi connectivity index (χ1) is 17.4. The fraction of sp³-hybridized carbons (Fsp3) is 0.500. The number of fused-ring (bicyclic) bond motifs is 1. The lowest BCUT2D eigenvalue weighted by Gasteiger charge is -2.33. The van der Waals surface area contributed by atoms with E-state index in [-0.39, 0.29) is 12.0 Å². The maximum atomic E-state index is 7.00. The minimum Gasteiger partial charge on any atom is -0.467 e. The largest absolute Gasteiger partial charge is 0.467 e. The number of hydrogen-bond donors (Lipinski definition) is 1. The molecule has 1 aliphatic rings. The third-order valence-corrected chi connectivity index (χ3v) is 7.30. The summed E-state index contributed by atoms with van der Waals surface area (Å²) in [6.07, 6.45) is 2.08. The summed E-state index contributed by atoms with van der Waals surface area (Å²) in [4.78, 5) is 21.7. The van der Waals surface area contributed by atoms with E-state index in [1.807, 2.05) is 32.0 Å². The zero-order valence-corrected chi connectivity index (χ0v) is 22.5. The van der Waals surface area contributed by atoms with Crippen molar-refractivity contribution in [2.24, 2.45) is 5.92 Å².